The van der Waals surface area contributed by atoms with E-state index in [1.54, 1.807) is 6.20 Å². The number of nitrogens with one attached hydrogen (secondary N) is 1. The van der Waals surface area contributed by atoms with E-state index in [1.807, 2.05) is 13.0 Å². The van der Waals surface area contributed by atoms with Crippen molar-refractivity contribution in [1.29, 1.82) is 0 Å². The zero-order valence-corrected chi connectivity index (χ0v) is 8.78. The largest absolute Gasteiger partial charge is 0.355 e. The molecular formula is C11H15N3. The topological polar surface area (TPSA) is 37.8 Å². The van der Waals surface area contributed by atoms with Crippen LogP contribution in [0.4, 0.5) is 5.82 Å². The summed E-state index contributed by atoms with van der Waals surface area (Å²) in [6.45, 7) is 6.11. The van der Waals surface area contributed by atoms with Gasteiger partial charge < -0.3 is 5.32 Å². The molecule has 0 saturated carbocycles. The molecule has 0 aromatic carbocycles. The van der Waals surface area contributed by atoms with Gasteiger partial charge in [-0.15, -0.1) is 11.5 Å². The van der Waals surface area contributed by atoms with E-state index < -0.39 is 0 Å². The Morgan fingerprint density at radius 2 is 2.21 bits per heavy atom. The minimum absolute atomic E-state index is 0.00565. The number of terminal acetylenes is 1. The van der Waals surface area contributed by atoms with Crippen molar-refractivity contribution in [3.8, 4) is 12.3 Å². The van der Waals surface area contributed by atoms with Gasteiger partial charge in [-0.05, 0) is 24.5 Å². The van der Waals surface area contributed by atoms with E-state index in [-0.39, 0.29) is 6.04 Å². The van der Waals surface area contributed by atoms with Gasteiger partial charge in [0.25, 0.3) is 0 Å². The molecule has 1 N–H and O–H groups in total. The van der Waals surface area contributed by atoms with E-state index in [0.29, 0.717) is 5.92 Å². The zero-order chi connectivity index (χ0) is 10.6. The van der Waals surface area contributed by atoms with Gasteiger partial charge in [-0.1, -0.05) is 19.8 Å². The van der Waals surface area contributed by atoms with Gasteiger partial charge in [-0.2, -0.15) is 5.10 Å². The third-order valence-electron chi connectivity index (χ3n) is 1.94. The van der Waals surface area contributed by atoms with Gasteiger partial charge >= 0.3 is 0 Å². The van der Waals surface area contributed by atoms with Crippen LogP contribution in [-0.2, 0) is 0 Å². The summed E-state index contributed by atoms with van der Waals surface area (Å²) < 4.78 is 0. The Kier molecular flexibility index (Phi) is 3.47. The second-order valence-electron chi connectivity index (χ2n) is 3.65. The van der Waals surface area contributed by atoms with Crippen molar-refractivity contribution in [3.05, 3.63) is 17.8 Å². The highest BCUT2D eigenvalue weighted by Crippen LogP contribution is 2.09. The van der Waals surface area contributed by atoms with Crippen LogP contribution in [0.5, 0.6) is 0 Å². The van der Waals surface area contributed by atoms with Crippen LogP contribution in [-0.4, -0.2) is 16.2 Å². The van der Waals surface area contributed by atoms with Crippen LogP contribution < -0.4 is 5.32 Å². The highest BCUT2D eigenvalue weighted by molar-refractivity contribution is 5.38. The van der Waals surface area contributed by atoms with Gasteiger partial charge in [-0.3, -0.25) is 0 Å². The van der Waals surface area contributed by atoms with Crippen LogP contribution >= 0.6 is 0 Å². The molecular weight excluding hydrogens is 174 g/mol. The van der Waals surface area contributed by atoms with Crippen LogP contribution in [0.3, 0.4) is 0 Å². The molecule has 0 fully saturated rings. The van der Waals surface area contributed by atoms with E-state index in [9.17, 15) is 0 Å². The Hall–Kier alpha value is -1.56. The first-order valence-corrected chi connectivity index (χ1v) is 4.65. The van der Waals surface area contributed by atoms with Gasteiger partial charge in [0.1, 0.15) is 5.82 Å². The lowest BCUT2D eigenvalue weighted by Crippen LogP contribution is -2.24. The fourth-order valence-corrected chi connectivity index (χ4v) is 1.09. The maximum Gasteiger partial charge on any atom is 0.149 e. The van der Waals surface area contributed by atoms with Crippen molar-refractivity contribution in [2.75, 3.05) is 5.32 Å². The van der Waals surface area contributed by atoms with Gasteiger partial charge in [0.2, 0.25) is 0 Å². The summed E-state index contributed by atoms with van der Waals surface area (Å²) >= 11 is 0. The summed E-state index contributed by atoms with van der Waals surface area (Å²) in [6, 6.07) is 1.94. The number of anilines is 1. The molecule has 0 aliphatic carbocycles. The molecule has 0 aliphatic heterocycles. The average Bonchev–Trinajstić information content (AvgIpc) is 2.14. The van der Waals surface area contributed by atoms with Crippen molar-refractivity contribution in [1.82, 2.24) is 10.2 Å². The Morgan fingerprint density at radius 3 is 2.71 bits per heavy atom. The third-order valence-corrected chi connectivity index (χ3v) is 1.94. The van der Waals surface area contributed by atoms with Crippen LogP contribution in [0, 0.1) is 25.2 Å². The predicted octanol–water partition coefficient (Wildman–Crippen LogP) is 1.85. The predicted molar refractivity (Wildman–Crippen MR) is 57.9 cm³/mol. The summed E-state index contributed by atoms with van der Waals surface area (Å²) in [5.74, 6) is 3.81. The molecule has 0 saturated heterocycles. The minimum Gasteiger partial charge on any atom is -0.355 e. The van der Waals surface area contributed by atoms with Gasteiger partial charge in [0, 0.05) is 0 Å². The smallest absolute Gasteiger partial charge is 0.149 e. The Bertz CT molecular complexity index is 339. The van der Waals surface area contributed by atoms with Gasteiger partial charge in [0.15, 0.2) is 0 Å². The maximum atomic E-state index is 5.40. The lowest BCUT2D eigenvalue weighted by atomic mass is 10.1. The molecule has 1 aromatic rings. The van der Waals surface area contributed by atoms with Crippen LogP contribution in [0.2, 0.25) is 0 Å². The first-order valence-electron chi connectivity index (χ1n) is 4.65. The molecule has 0 spiro atoms. The molecule has 1 rings (SSSR count). The summed E-state index contributed by atoms with van der Waals surface area (Å²) in [5, 5.41) is 11.0. The molecule has 74 valence electrons. The summed E-state index contributed by atoms with van der Waals surface area (Å²) in [6.07, 6.45) is 7.11. The van der Waals surface area contributed by atoms with E-state index >= 15 is 0 Å². The average molecular weight is 189 g/mol. The molecule has 14 heavy (non-hydrogen) atoms. The summed E-state index contributed by atoms with van der Waals surface area (Å²) in [5.41, 5.74) is 1.07. The Balaban J connectivity index is 2.73. The summed E-state index contributed by atoms with van der Waals surface area (Å²) in [4.78, 5) is 0. The first kappa shape index (κ1) is 10.5. The standard InChI is InChI=1S/C11H15N3/c1-5-10(8(2)3)13-11-6-9(4)7-12-14-11/h1,6-8,10H,2-4H3,(H,13,14). The third kappa shape index (κ3) is 2.74. The molecule has 0 aliphatic rings. The fourth-order valence-electron chi connectivity index (χ4n) is 1.09. The molecule has 3 heteroatoms. The van der Waals surface area contributed by atoms with Gasteiger partial charge in [-0.25, -0.2) is 0 Å². The second kappa shape index (κ2) is 4.61. The molecule has 3 nitrogen and oxygen atoms in total. The van der Waals surface area contributed by atoms with Crippen molar-refractivity contribution >= 4 is 5.82 Å². The number of nitrogens with zero attached hydrogens (tertiary/aromatic N) is 2. The highest BCUT2D eigenvalue weighted by Gasteiger charge is 2.09. The first-order chi connectivity index (χ1) is 6.63. The van der Waals surface area contributed by atoms with Crippen LogP contribution in [0.15, 0.2) is 12.3 Å². The number of aromatic nitrogens is 2. The number of rotatable bonds is 3. The molecule has 1 heterocycles. The summed E-state index contributed by atoms with van der Waals surface area (Å²) in [7, 11) is 0. The van der Waals surface area contributed by atoms with Crippen LogP contribution in [0.1, 0.15) is 19.4 Å². The minimum atomic E-state index is 0.00565. The molecule has 1 atom stereocenters. The SMILES string of the molecule is C#CC(Nc1cc(C)cnn1)C(C)C. The zero-order valence-electron chi connectivity index (χ0n) is 8.78. The fraction of sp³-hybridized carbons (Fsp3) is 0.455. The van der Waals surface area contributed by atoms with Crippen molar-refractivity contribution in [3.63, 3.8) is 0 Å². The quantitative estimate of drug-likeness (QED) is 0.737. The Labute approximate surface area is 84.9 Å². The maximum absolute atomic E-state index is 5.40. The molecule has 1 aromatic heterocycles. The molecule has 0 bridgehead atoms. The van der Waals surface area contributed by atoms with Gasteiger partial charge in [0.05, 0.1) is 12.2 Å². The number of hydrogen-bond donors (Lipinski definition) is 1. The van der Waals surface area contributed by atoms with Crippen molar-refractivity contribution in [2.24, 2.45) is 5.92 Å². The number of hydrogen-bond acceptors (Lipinski definition) is 3. The van der Waals surface area contributed by atoms with E-state index in [4.69, 9.17) is 6.42 Å². The van der Waals surface area contributed by atoms with E-state index in [1.165, 1.54) is 0 Å². The van der Waals surface area contributed by atoms with Crippen LogP contribution in [0.25, 0.3) is 0 Å². The monoisotopic (exact) mass is 189 g/mol. The van der Waals surface area contributed by atoms with E-state index in [2.05, 4.69) is 35.3 Å². The van der Waals surface area contributed by atoms with Crippen molar-refractivity contribution in [2.45, 2.75) is 26.8 Å². The lowest BCUT2D eigenvalue weighted by molar-refractivity contribution is 0.611. The molecule has 1 unspecified atom stereocenters. The molecule has 0 amide bonds. The second-order valence-corrected chi connectivity index (χ2v) is 3.65. The highest BCUT2D eigenvalue weighted by atomic mass is 15.2. The van der Waals surface area contributed by atoms with E-state index in [0.717, 1.165) is 11.4 Å². The van der Waals surface area contributed by atoms with Crippen molar-refractivity contribution < 1.29 is 0 Å². The Morgan fingerprint density at radius 1 is 1.50 bits per heavy atom. The molecule has 0 radical (unpaired) electrons. The number of aryl methyl sites for hydroxylation is 1. The normalized spacial score (nSPS) is 12.2. The lowest BCUT2D eigenvalue weighted by Gasteiger charge is -2.16.